The van der Waals surface area contributed by atoms with E-state index >= 15 is 0 Å². The van der Waals surface area contributed by atoms with Crippen LogP contribution in [0.1, 0.15) is 30.6 Å². The van der Waals surface area contributed by atoms with Gasteiger partial charge < -0.3 is 19.1 Å². The normalized spacial score (nSPS) is 11.1. The van der Waals surface area contributed by atoms with Crippen LogP contribution < -0.4 is 9.47 Å². The molecular formula is C17H21N3O7. The Bertz CT molecular complexity index is 758. The Morgan fingerprint density at radius 3 is 2.56 bits per heavy atom. The van der Waals surface area contributed by atoms with Gasteiger partial charge >= 0.3 is 5.97 Å². The molecule has 0 aromatic heterocycles. The molecule has 1 amide bonds. The Hall–Kier alpha value is -3.35. The zero-order valence-electron chi connectivity index (χ0n) is 15.6. The number of methoxy groups -OCH3 is 1. The lowest BCUT2D eigenvalue weighted by Crippen LogP contribution is -2.38. The second kappa shape index (κ2) is 9.96. The van der Waals surface area contributed by atoms with Crippen LogP contribution in [0.4, 0.5) is 5.69 Å². The predicted octanol–water partition coefficient (Wildman–Crippen LogP) is 1.92. The van der Waals surface area contributed by atoms with Crippen molar-refractivity contribution in [2.24, 2.45) is 0 Å². The monoisotopic (exact) mass is 379 g/mol. The SMILES string of the molecule is CCOc1cc(C(=O)O[C@@H](C)C(=O)N(C)CCC#N)c([N+](=O)[O-])cc1OC. The molecule has 146 valence electrons. The lowest BCUT2D eigenvalue weighted by Gasteiger charge is -2.20. The molecule has 0 unspecified atom stereocenters. The van der Waals surface area contributed by atoms with Gasteiger partial charge in [-0.15, -0.1) is 0 Å². The van der Waals surface area contributed by atoms with Crippen LogP contribution in [0.5, 0.6) is 11.5 Å². The highest BCUT2D eigenvalue weighted by Gasteiger charge is 2.29. The van der Waals surface area contributed by atoms with E-state index < -0.39 is 28.6 Å². The lowest BCUT2D eigenvalue weighted by molar-refractivity contribution is -0.385. The number of rotatable bonds is 9. The summed E-state index contributed by atoms with van der Waals surface area (Å²) in [5, 5.41) is 19.9. The van der Waals surface area contributed by atoms with E-state index in [0.717, 1.165) is 12.1 Å². The van der Waals surface area contributed by atoms with E-state index in [1.54, 1.807) is 6.92 Å². The van der Waals surface area contributed by atoms with E-state index in [-0.39, 0.29) is 36.6 Å². The lowest BCUT2D eigenvalue weighted by atomic mass is 10.1. The van der Waals surface area contributed by atoms with Gasteiger partial charge in [-0.2, -0.15) is 5.26 Å². The van der Waals surface area contributed by atoms with Crippen LogP contribution in [-0.2, 0) is 9.53 Å². The number of esters is 1. The summed E-state index contributed by atoms with van der Waals surface area (Å²) < 4.78 is 15.5. The zero-order valence-corrected chi connectivity index (χ0v) is 15.6. The van der Waals surface area contributed by atoms with Gasteiger partial charge in [0.1, 0.15) is 5.56 Å². The molecule has 0 saturated heterocycles. The summed E-state index contributed by atoms with van der Waals surface area (Å²) in [5.41, 5.74) is -0.888. The standard InChI is InChI=1S/C17H21N3O7/c1-5-26-15-9-12(13(20(23)24)10-14(15)25-4)17(22)27-11(2)16(21)19(3)8-6-7-18/h9-11H,5-6,8H2,1-4H3/t11-/m0/s1. The maximum absolute atomic E-state index is 12.4. The quantitative estimate of drug-likeness (QED) is 0.361. The summed E-state index contributed by atoms with van der Waals surface area (Å²) >= 11 is 0. The van der Waals surface area contributed by atoms with Crippen molar-refractivity contribution in [2.75, 3.05) is 27.3 Å². The molecule has 1 aromatic carbocycles. The minimum atomic E-state index is -1.18. The maximum atomic E-state index is 12.4. The minimum Gasteiger partial charge on any atom is -0.493 e. The van der Waals surface area contributed by atoms with E-state index in [9.17, 15) is 19.7 Å². The molecule has 0 bridgehead atoms. The van der Waals surface area contributed by atoms with E-state index in [2.05, 4.69) is 0 Å². The Kier molecular flexibility index (Phi) is 8.00. The van der Waals surface area contributed by atoms with Crippen LogP contribution in [0.15, 0.2) is 12.1 Å². The summed E-state index contributed by atoms with van der Waals surface area (Å²) in [6.45, 7) is 3.48. The molecule has 10 nitrogen and oxygen atoms in total. The number of likely N-dealkylation sites (N-methyl/N-ethyl adjacent to an activating group) is 1. The zero-order chi connectivity index (χ0) is 20.6. The van der Waals surface area contributed by atoms with Crippen molar-refractivity contribution in [3.05, 3.63) is 27.8 Å². The Morgan fingerprint density at radius 2 is 2.04 bits per heavy atom. The highest BCUT2D eigenvalue weighted by atomic mass is 16.6. The minimum absolute atomic E-state index is 0.0976. The third kappa shape index (κ3) is 5.57. The number of nitro benzene ring substituents is 1. The molecule has 27 heavy (non-hydrogen) atoms. The molecule has 0 aliphatic rings. The molecule has 0 heterocycles. The van der Waals surface area contributed by atoms with Crippen molar-refractivity contribution in [3.8, 4) is 17.6 Å². The van der Waals surface area contributed by atoms with Crippen molar-refractivity contribution in [1.29, 1.82) is 5.26 Å². The molecule has 0 aliphatic carbocycles. The predicted molar refractivity (Wildman–Crippen MR) is 93.6 cm³/mol. The van der Waals surface area contributed by atoms with E-state index in [0.29, 0.717) is 0 Å². The molecule has 0 N–H and O–H groups in total. The number of carbonyl (C=O) groups excluding carboxylic acids is 2. The van der Waals surface area contributed by atoms with Gasteiger partial charge in [-0.1, -0.05) is 0 Å². The Labute approximate surface area is 156 Å². The first-order valence-corrected chi connectivity index (χ1v) is 8.08. The van der Waals surface area contributed by atoms with Gasteiger partial charge in [0.15, 0.2) is 17.6 Å². The molecule has 0 radical (unpaired) electrons. The van der Waals surface area contributed by atoms with Crippen LogP contribution in [0, 0.1) is 21.4 Å². The molecular weight excluding hydrogens is 358 g/mol. The number of nitrogens with zero attached hydrogens (tertiary/aromatic N) is 3. The van der Waals surface area contributed by atoms with Crippen molar-refractivity contribution in [3.63, 3.8) is 0 Å². The van der Waals surface area contributed by atoms with Crippen molar-refractivity contribution < 1.29 is 28.7 Å². The molecule has 0 spiro atoms. The van der Waals surface area contributed by atoms with Crippen LogP contribution in [-0.4, -0.2) is 55.1 Å². The van der Waals surface area contributed by atoms with Gasteiger partial charge in [0, 0.05) is 19.7 Å². The summed E-state index contributed by atoms with van der Waals surface area (Å²) in [6.07, 6.45) is -1.05. The topological polar surface area (TPSA) is 132 Å². The number of nitro groups is 1. The number of nitriles is 1. The first-order valence-electron chi connectivity index (χ1n) is 8.08. The summed E-state index contributed by atoms with van der Waals surface area (Å²) in [7, 11) is 2.78. The van der Waals surface area contributed by atoms with Crippen LogP contribution >= 0.6 is 0 Å². The van der Waals surface area contributed by atoms with E-state index in [1.807, 2.05) is 6.07 Å². The maximum Gasteiger partial charge on any atom is 0.346 e. The fraction of sp³-hybridized carbons (Fsp3) is 0.471. The van der Waals surface area contributed by atoms with Crippen molar-refractivity contribution >= 4 is 17.6 Å². The first-order chi connectivity index (χ1) is 12.8. The third-order valence-corrected chi connectivity index (χ3v) is 3.57. The molecule has 10 heteroatoms. The Balaban J connectivity index is 3.11. The molecule has 0 fully saturated rings. The van der Waals surface area contributed by atoms with Gasteiger partial charge in [0.25, 0.3) is 11.6 Å². The van der Waals surface area contributed by atoms with Gasteiger partial charge in [0.05, 0.1) is 37.2 Å². The number of hydrogen-bond donors (Lipinski definition) is 0. The molecule has 0 aliphatic heterocycles. The number of ether oxygens (including phenoxy) is 3. The van der Waals surface area contributed by atoms with Crippen LogP contribution in [0.3, 0.4) is 0 Å². The average Bonchev–Trinajstić information content (AvgIpc) is 2.64. The van der Waals surface area contributed by atoms with Gasteiger partial charge in [-0.25, -0.2) is 4.79 Å². The average molecular weight is 379 g/mol. The molecule has 0 saturated carbocycles. The summed E-state index contributed by atoms with van der Waals surface area (Å²) in [4.78, 5) is 36.4. The van der Waals surface area contributed by atoms with E-state index in [1.165, 1.54) is 26.0 Å². The largest absolute Gasteiger partial charge is 0.493 e. The first kappa shape index (κ1) is 21.7. The number of amides is 1. The Morgan fingerprint density at radius 1 is 1.37 bits per heavy atom. The smallest absolute Gasteiger partial charge is 0.346 e. The number of carbonyl (C=O) groups is 2. The highest BCUT2D eigenvalue weighted by Crippen LogP contribution is 2.35. The fourth-order valence-corrected chi connectivity index (χ4v) is 2.20. The second-order valence-corrected chi connectivity index (χ2v) is 5.43. The van der Waals surface area contributed by atoms with Gasteiger partial charge in [0.2, 0.25) is 0 Å². The van der Waals surface area contributed by atoms with E-state index in [4.69, 9.17) is 19.5 Å². The van der Waals surface area contributed by atoms with Gasteiger partial charge in [-0.3, -0.25) is 14.9 Å². The number of benzene rings is 1. The fourth-order valence-electron chi connectivity index (χ4n) is 2.20. The van der Waals surface area contributed by atoms with Gasteiger partial charge in [-0.05, 0) is 13.8 Å². The molecule has 1 rings (SSSR count). The van der Waals surface area contributed by atoms with Crippen molar-refractivity contribution in [1.82, 2.24) is 4.90 Å². The second-order valence-electron chi connectivity index (χ2n) is 5.43. The molecule has 1 aromatic rings. The third-order valence-electron chi connectivity index (χ3n) is 3.57. The van der Waals surface area contributed by atoms with Crippen molar-refractivity contribution in [2.45, 2.75) is 26.4 Å². The molecule has 1 atom stereocenters. The number of hydrogen-bond acceptors (Lipinski definition) is 8. The summed E-state index contributed by atoms with van der Waals surface area (Å²) in [5.74, 6) is -1.33. The van der Waals surface area contributed by atoms with Crippen LogP contribution in [0.25, 0.3) is 0 Å². The van der Waals surface area contributed by atoms with Crippen LogP contribution in [0.2, 0.25) is 0 Å². The highest BCUT2D eigenvalue weighted by molar-refractivity contribution is 5.96. The summed E-state index contributed by atoms with van der Waals surface area (Å²) in [6, 6.07) is 4.12.